The van der Waals surface area contributed by atoms with Crippen LogP contribution in [0, 0.1) is 0 Å². The monoisotopic (exact) mass is 466 g/mol. The lowest BCUT2D eigenvalue weighted by atomic mass is 10.0. The number of carbonyl (C=O) groups is 3. The average Bonchev–Trinajstić information content (AvgIpc) is 3.27. The van der Waals surface area contributed by atoms with Gasteiger partial charge in [0.25, 0.3) is 5.91 Å². The van der Waals surface area contributed by atoms with Gasteiger partial charge in [0.1, 0.15) is 4.32 Å². The summed E-state index contributed by atoms with van der Waals surface area (Å²) in [4.78, 5) is 42.1. The number of rotatable bonds is 8. The summed E-state index contributed by atoms with van der Waals surface area (Å²) >= 11 is 6.63. The molecule has 1 aliphatic heterocycles. The number of carboxylic acid groups (broad SMARTS) is 1. The fourth-order valence-corrected chi connectivity index (χ4v) is 5.15. The van der Waals surface area contributed by atoms with E-state index in [1.165, 1.54) is 11.8 Å². The van der Waals surface area contributed by atoms with Crippen LogP contribution in [0.3, 0.4) is 0 Å². The van der Waals surface area contributed by atoms with Crippen molar-refractivity contribution in [1.29, 1.82) is 0 Å². The van der Waals surface area contributed by atoms with E-state index in [0.29, 0.717) is 40.7 Å². The van der Waals surface area contributed by atoms with Crippen molar-refractivity contribution >= 4 is 52.0 Å². The number of hydrogen-bond acceptors (Lipinski definition) is 6. The number of thiocarbonyl (C=S) groups is 1. The van der Waals surface area contributed by atoms with E-state index in [1.54, 1.807) is 11.0 Å². The number of fused-ring (bicyclic) bond motifs is 1. The lowest BCUT2D eigenvalue weighted by Gasteiger charge is -2.13. The highest BCUT2D eigenvalue weighted by Gasteiger charge is 2.31. The minimum absolute atomic E-state index is 0.138. The fraction of sp³-hybridized carbons (Fsp3) is 0.292. The summed E-state index contributed by atoms with van der Waals surface area (Å²) in [6, 6.07) is 11.5. The zero-order valence-electron chi connectivity index (χ0n) is 17.4. The van der Waals surface area contributed by atoms with Crippen LogP contribution >= 0.6 is 24.0 Å². The minimum Gasteiger partial charge on any atom is -0.481 e. The normalized spacial score (nSPS) is 16.8. The molecule has 6 nitrogen and oxygen atoms in total. The predicted octanol–water partition coefficient (Wildman–Crippen LogP) is 4.72. The molecule has 4 rings (SSSR count). The number of carboxylic acids is 1. The highest BCUT2D eigenvalue weighted by atomic mass is 32.2. The molecule has 0 unspecified atom stereocenters. The van der Waals surface area contributed by atoms with Gasteiger partial charge in [0.15, 0.2) is 5.78 Å². The number of benzene rings is 1. The third-order valence-electron chi connectivity index (χ3n) is 5.52. The molecule has 2 aromatic rings. The van der Waals surface area contributed by atoms with Crippen LogP contribution in [0.25, 0.3) is 17.3 Å². The van der Waals surface area contributed by atoms with E-state index in [2.05, 4.69) is 0 Å². The van der Waals surface area contributed by atoms with Crippen LogP contribution in [0.1, 0.15) is 53.7 Å². The molecule has 1 saturated heterocycles. The lowest BCUT2D eigenvalue weighted by Crippen LogP contribution is -2.29. The Morgan fingerprint density at radius 3 is 2.81 bits per heavy atom. The van der Waals surface area contributed by atoms with E-state index < -0.39 is 5.97 Å². The van der Waals surface area contributed by atoms with Crippen molar-refractivity contribution < 1.29 is 19.5 Å². The van der Waals surface area contributed by atoms with Crippen molar-refractivity contribution in [2.75, 3.05) is 6.54 Å². The van der Waals surface area contributed by atoms with Crippen molar-refractivity contribution in [3.63, 3.8) is 0 Å². The van der Waals surface area contributed by atoms with E-state index in [9.17, 15) is 14.4 Å². The second-order valence-corrected chi connectivity index (χ2v) is 9.46. The Morgan fingerprint density at radius 1 is 1.16 bits per heavy atom. The topological polar surface area (TPSA) is 87.6 Å². The summed E-state index contributed by atoms with van der Waals surface area (Å²) in [5.74, 6) is -0.750. The first-order chi connectivity index (χ1) is 15.4. The van der Waals surface area contributed by atoms with Crippen LogP contribution < -0.4 is 0 Å². The SMILES string of the molecule is O=C(O)CCCCCN1C(=O)C(=Cc2cccc(-c3ccc4c(c3)CCC4=O)n2)SC1=S. The Bertz CT molecular complexity index is 1140. The molecule has 0 atom stereocenters. The zero-order chi connectivity index (χ0) is 22.7. The molecule has 164 valence electrons. The first-order valence-electron chi connectivity index (χ1n) is 10.5. The number of Topliss-reactive ketones (excluding diaryl/α,β-unsaturated/α-hetero) is 1. The first-order valence-corrected chi connectivity index (χ1v) is 11.8. The molecule has 0 radical (unpaired) electrons. The van der Waals surface area contributed by atoms with Gasteiger partial charge in [0, 0.05) is 30.5 Å². The molecule has 2 heterocycles. The maximum Gasteiger partial charge on any atom is 0.303 e. The van der Waals surface area contributed by atoms with Gasteiger partial charge < -0.3 is 5.11 Å². The van der Waals surface area contributed by atoms with Crippen molar-refractivity contribution in [3.05, 3.63) is 58.1 Å². The van der Waals surface area contributed by atoms with Gasteiger partial charge in [-0.1, -0.05) is 48.6 Å². The number of pyridine rings is 1. The number of ketones is 1. The molecular weight excluding hydrogens is 444 g/mol. The van der Waals surface area contributed by atoms with Gasteiger partial charge in [-0.25, -0.2) is 4.98 Å². The number of hydrogen-bond donors (Lipinski definition) is 1. The Balaban J connectivity index is 1.45. The van der Waals surface area contributed by atoms with Crippen LogP contribution in [-0.4, -0.2) is 43.5 Å². The molecule has 2 aliphatic rings. The van der Waals surface area contributed by atoms with Crippen molar-refractivity contribution in [2.45, 2.75) is 38.5 Å². The number of nitrogens with zero attached hydrogens (tertiary/aromatic N) is 2. The van der Waals surface area contributed by atoms with Gasteiger partial charge in [-0.2, -0.15) is 0 Å². The Hall–Kier alpha value is -2.84. The van der Waals surface area contributed by atoms with Crippen LogP contribution in [-0.2, 0) is 16.0 Å². The number of aryl methyl sites for hydroxylation is 1. The Kier molecular flexibility index (Phi) is 6.81. The summed E-state index contributed by atoms with van der Waals surface area (Å²) in [6.45, 7) is 0.489. The molecule has 1 aromatic heterocycles. The van der Waals surface area contributed by atoms with Gasteiger partial charge >= 0.3 is 5.97 Å². The maximum absolute atomic E-state index is 12.8. The summed E-state index contributed by atoms with van der Waals surface area (Å²) in [5.41, 5.74) is 4.26. The van der Waals surface area contributed by atoms with Crippen molar-refractivity contribution in [2.24, 2.45) is 0 Å². The van der Waals surface area contributed by atoms with Gasteiger partial charge in [-0.05, 0) is 49.1 Å². The third-order valence-corrected chi connectivity index (χ3v) is 6.90. The van der Waals surface area contributed by atoms with Gasteiger partial charge in [0.05, 0.1) is 16.3 Å². The van der Waals surface area contributed by atoms with E-state index in [-0.39, 0.29) is 18.1 Å². The van der Waals surface area contributed by atoms with Crippen molar-refractivity contribution in [1.82, 2.24) is 9.88 Å². The first kappa shape index (κ1) is 22.4. The van der Waals surface area contributed by atoms with E-state index >= 15 is 0 Å². The second kappa shape index (κ2) is 9.75. The molecule has 1 aromatic carbocycles. The number of thioether (sulfide) groups is 1. The number of amides is 1. The maximum atomic E-state index is 12.8. The molecule has 0 saturated carbocycles. The van der Waals surface area contributed by atoms with E-state index in [4.69, 9.17) is 22.3 Å². The smallest absolute Gasteiger partial charge is 0.303 e. The molecule has 0 bridgehead atoms. The predicted molar refractivity (Wildman–Crippen MR) is 128 cm³/mol. The molecule has 1 N–H and O–H groups in total. The third kappa shape index (κ3) is 4.97. The van der Waals surface area contributed by atoms with Gasteiger partial charge in [0.2, 0.25) is 0 Å². The van der Waals surface area contributed by atoms with E-state index in [1.807, 2.05) is 36.4 Å². The summed E-state index contributed by atoms with van der Waals surface area (Å²) in [5, 5.41) is 8.71. The summed E-state index contributed by atoms with van der Waals surface area (Å²) < 4.78 is 0.513. The number of aliphatic carboxylic acids is 1. The lowest BCUT2D eigenvalue weighted by molar-refractivity contribution is -0.137. The van der Waals surface area contributed by atoms with E-state index in [0.717, 1.165) is 35.2 Å². The minimum atomic E-state index is -0.804. The summed E-state index contributed by atoms with van der Waals surface area (Å²) in [7, 11) is 0. The highest BCUT2D eigenvalue weighted by Crippen LogP contribution is 2.33. The molecular formula is C24H22N2O4S2. The molecule has 8 heteroatoms. The molecule has 1 aliphatic carbocycles. The quantitative estimate of drug-likeness (QED) is 0.342. The number of aromatic nitrogens is 1. The molecule has 1 fully saturated rings. The fourth-order valence-electron chi connectivity index (χ4n) is 3.86. The Labute approximate surface area is 195 Å². The summed E-state index contributed by atoms with van der Waals surface area (Å²) in [6.07, 6.45) is 5.26. The zero-order valence-corrected chi connectivity index (χ0v) is 19.0. The standard InChI is InChI=1S/C24H22N2O4S2/c27-20-11-9-15-13-16(8-10-18(15)20)19-6-4-5-17(25-19)14-21-23(30)26(24(31)32-21)12-3-1-2-7-22(28)29/h4-6,8,10,13-14H,1-3,7,9,11-12H2,(H,28,29). The highest BCUT2D eigenvalue weighted by molar-refractivity contribution is 8.26. The second-order valence-electron chi connectivity index (χ2n) is 7.78. The number of unbranched alkanes of at least 4 members (excludes halogenated alkanes) is 2. The average molecular weight is 467 g/mol. The molecule has 32 heavy (non-hydrogen) atoms. The van der Waals surface area contributed by atoms with Crippen LogP contribution in [0.2, 0.25) is 0 Å². The largest absolute Gasteiger partial charge is 0.481 e. The molecule has 0 spiro atoms. The van der Waals surface area contributed by atoms with Crippen molar-refractivity contribution in [3.8, 4) is 11.3 Å². The Morgan fingerprint density at radius 2 is 2.00 bits per heavy atom. The number of carbonyl (C=O) groups excluding carboxylic acids is 2. The van der Waals surface area contributed by atoms with Gasteiger partial charge in [-0.15, -0.1) is 0 Å². The van der Waals surface area contributed by atoms with Crippen LogP contribution in [0.4, 0.5) is 0 Å². The molecule has 1 amide bonds. The van der Waals surface area contributed by atoms with Crippen LogP contribution in [0.15, 0.2) is 41.3 Å². The van der Waals surface area contributed by atoms with Crippen LogP contribution in [0.5, 0.6) is 0 Å². The van der Waals surface area contributed by atoms with Gasteiger partial charge in [-0.3, -0.25) is 19.3 Å².